The number of allylic oxidation sites excluding steroid dienone is 1. The number of aliphatic imine (C=N–C) groups is 2. The number of amidine groups is 1. The van der Waals surface area contributed by atoms with Crippen LogP contribution in [0.2, 0.25) is 0 Å². The summed E-state index contributed by atoms with van der Waals surface area (Å²) < 4.78 is 0. The number of rotatable bonds is 7. The highest BCUT2D eigenvalue weighted by Crippen LogP contribution is 2.31. The lowest BCUT2D eigenvalue weighted by molar-refractivity contribution is 0.432. The van der Waals surface area contributed by atoms with E-state index >= 15 is 0 Å². The van der Waals surface area contributed by atoms with E-state index in [2.05, 4.69) is 39.8 Å². The summed E-state index contributed by atoms with van der Waals surface area (Å²) in [6, 6.07) is 0.996. The van der Waals surface area contributed by atoms with Crippen molar-refractivity contribution in [2.24, 2.45) is 15.9 Å². The first-order valence-electron chi connectivity index (χ1n) is 9.79. The van der Waals surface area contributed by atoms with E-state index in [4.69, 9.17) is 0 Å². The molecule has 1 heterocycles. The molecule has 3 rings (SSSR count). The summed E-state index contributed by atoms with van der Waals surface area (Å²) in [5.41, 5.74) is 3.99. The summed E-state index contributed by atoms with van der Waals surface area (Å²) in [6.07, 6.45) is 9.79. The first kappa shape index (κ1) is 18.0. The van der Waals surface area contributed by atoms with Crippen molar-refractivity contribution in [3.8, 4) is 0 Å². The molecule has 5 heteroatoms. The zero-order valence-corrected chi connectivity index (χ0v) is 16.2. The third kappa shape index (κ3) is 4.65. The predicted octanol–water partition coefficient (Wildman–Crippen LogP) is 3.11. The molecule has 0 saturated heterocycles. The van der Waals surface area contributed by atoms with Crippen LogP contribution in [0.5, 0.6) is 0 Å². The molecule has 2 unspecified atom stereocenters. The fourth-order valence-electron chi connectivity index (χ4n) is 3.72. The van der Waals surface area contributed by atoms with Gasteiger partial charge in [-0.1, -0.05) is 19.8 Å². The largest absolute Gasteiger partial charge is 0.391 e. The van der Waals surface area contributed by atoms with Gasteiger partial charge in [-0.15, -0.1) is 0 Å². The van der Waals surface area contributed by atoms with E-state index in [0.29, 0.717) is 18.0 Å². The second-order valence-electron chi connectivity index (χ2n) is 7.64. The van der Waals surface area contributed by atoms with Gasteiger partial charge in [0.15, 0.2) is 0 Å². The summed E-state index contributed by atoms with van der Waals surface area (Å²) in [7, 11) is 2.00. The highest BCUT2D eigenvalue weighted by Gasteiger charge is 2.26. The molecule has 0 spiro atoms. The van der Waals surface area contributed by atoms with Crippen molar-refractivity contribution >= 4 is 12.1 Å². The molecular formula is C20H33N5. The number of hydrogen-bond acceptors (Lipinski definition) is 5. The maximum absolute atomic E-state index is 4.47. The minimum atomic E-state index is 0.340. The third-order valence-electron chi connectivity index (χ3n) is 5.64. The van der Waals surface area contributed by atoms with Gasteiger partial charge >= 0.3 is 0 Å². The molecule has 2 atom stereocenters. The molecule has 0 aromatic carbocycles. The van der Waals surface area contributed by atoms with Crippen LogP contribution in [-0.4, -0.2) is 37.7 Å². The topological polar surface area (TPSA) is 60.8 Å². The van der Waals surface area contributed by atoms with Gasteiger partial charge in [-0.3, -0.25) is 4.99 Å². The molecule has 2 aliphatic carbocycles. The van der Waals surface area contributed by atoms with Gasteiger partial charge in [-0.25, -0.2) is 4.99 Å². The van der Waals surface area contributed by atoms with E-state index in [-0.39, 0.29) is 0 Å². The monoisotopic (exact) mass is 343 g/mol. The smallest absolute Gasteiger partial charge is 0.120 e. The van der Waals surface area contributed by atoms with Crippen molar-refractivity contribution in [1.29, 1.82) is 0 Å². The highest BCUT2D eigenvalue weighted by atomic mass is 15.1. The molecule has 3 aliphatic rings. The van der Waals surface area contributed by atoms with E-state index < -0.39 is 0 Å². The van der Waals surface area contributed by atoms with Crippen LogP contribution in [0.15, 0.2) is 32.6 Å². The second kappa shape index (κ2) is 8.07. The summed E-state index contributed by atoms with van der Waals surface area (Å²) in [6.45, 7) is 7.22. The van der Waals surface area contributed by atoms with Crippen molar-refractivity contribution in [3.63, 3.8) is 0 Å². The van der Waals surface area contributed by atoms with Crippen LogP contribution in [0.4, 0.5) is 0 Å². The minimum Gasteiger partial charge on any atom is -0.391 e. The Labute approximate surface area is 152 Å². The molecule has 0 aromatic rings. The molecule has 5 nitrogen and oxygen atoms in total. The molecule has 0 radical (unpaired) electrons. The first-order chi connectivity index (χ1) is 12.1. The first-order valence-corrected chi connectivity index (χ1v) is 9.79. The summed E-state index contributed by atoms with van der Waals surface area (Å²) in [4.78, 5) is 8.84. The maximum atomic E-state index is 4.47. The summed E-state index contributed by atoms with van der Waals surface area (Å²) >= 11 is 0. The Morgan fingerprint density at radius 3 is 2.48 bits per heavy atom. The normalized spacial score (nSPS) is 24.5. The van der Waals surface area contributed by atoms with E-state index in [1.165, 1.54) is 55.6 Å². The van der Waals surface area contributed by atoms with Gasteiger partial charge in [-0.05, 0) is 45.1 Å². The van der Waals surface area contributed by atoms with Crippen molar-refractivity contribution in [2.75, 3.05) is 13.6 Å². The van der Waals surface area contributed by atoms with Gasteiger partial charge in [0.25, 0.3) is 0 Å². The van der Waals surface area contributed by atoms with Crippen molar-refractivity contribution in [1.82, 2.24) is 16.0 Å². The Morgan fingerprint density at radius 2 is 1.92 bits per heavy atom. The number of hydrogen-bond donors (Lipinski definition) is 3. The van der Waals surface area contributed by atoms with Crippen LogP contribution in [-0.2, 0) is 0 Å². The highest BCUT2D eigenvalue weighted by molar-refractivity contribution is 5.96. The Balaban J connectivity index is 1.66. The lowest BCUT2D eigenvalue weighted by atomic mass is 9.95. The van der Waals surface area contributed by atoms with Gasteiger partial charge < -0.3 is 16.0 Å². The van der Waals surface area contributed by atoms with Gasteiger partial charge in [0.1, 0.15) is 5.84 Å². The maximum Gasteiger partial charge on any atom is 0.120 e. The SMILES string of the molecule is CNC(=C1C=NC(C)=NC1)C(C)C(C)NC(NC1CCCC1)=C1CC1. The van der Waals surface area contributed by atoms with Gasteiger partial charge in [0, 0.05) is 42.5 Å². The van der Waals surface area contributed by atoms with Crippen LogP contribution in [0, 0.1) is 5.92 Å². The molecule has 0 aromatic heterocycles. The Morgan fingerprint density at radius 1 is 1.20 bits per heavy atom. The van der Waals surface area contributed by atoms with E-state index in [9.17, 15) is 0 Å². The van der Waals surface area contributed by atoms with Crippen LogP contribution in [0.1, 0.15) is 59.3 Å². The molecular weight excluding hydrogens is 310 g/mol. The molecule has 3 N–H and O–H groups in total. The Bertz CT molecular complexity index is 602. The Kier molecular flexibility index (Phi) is 5.82. The van der Waals surface area contributed by atoms with Crippen LogP contribution < -0.4 is 16.0 Å². The van der Waals surface area contributed by atoms with Gasteiger partial charge in [-0.2, -0.15) is 0 Å². The lowest BCUT2D eigenvalue weighted by Gasteiger charge is -2.29. The molecule has 138 valence electrons. The van der Waals surface area contributed by atoms with Gasteiger partial charge in [0.2, 0.25) is 0 Å². The summed E-state index contributed by atoms with van der Waals surface area (Å²) in [5, 5.41) is 11.0. The number of nitrogens with zero attached hydrogens (tertiary/aromatic N) is 2. The van der Waals surface area contributed by atoms with Crippen LogP contribution >= 0.6 is 0 Å². The fourth-order valence-corrected chi connectivity index (χ4v) is 3.72. The molecule has 0 bridgehead atoms. The summed E-state index contributed by atoms with van der Waals surface area (Å²) in [5.74, 6) is 2.53. The molecule has 2 saturated carbocycles. The van der Waals surface area contributed by atoms with E-state index in [1.54, 1.807) is 5.57 Å². The van der Waals surface area contributed by atoms with E-state index in [1.807, 2.05) is 20.2 Å². The van der Waals surface area contributed by atoms with Crippen LogP contribution in [0.3, 0.4) is 0 Å². The molecule has 0 amide bonds. The average Bonchev–Trinajstić information content (AvgIpc) is 3.34. The molecule has 1 aliphatic heterocycles. The molecule has 25 heavy (non-hydrogen) atoms. The van der Waals surface area contributed by atoms with Crippen molar-refractivity contribution in [3.05, 3.63) is 22.7 Å². The van der Waals surface area contributed by atoms with Gasteiger partial charge in [0.05, 0.1) is 12.4 Å². The fraction of sp³-hybridized carbons (Fsp3) is 0.700. The van der Waals surface area contributed by atoms with Crippen LogP contribution in [0.25, 0.3) is 0 Å². The Hall–Kier alpha value is -1.78. The standard InChI is InChI=1S/C20H33N5/c1-13(19(21-4)17-11-22-15(3)23-12-17)14(2)24-20(16-9-10-16)25-18-7-5-6-8-18/h11,13-14,18,21,24-25H,5-10,12H2,1-4H3. The van der Waals surface area contributed by atoms with E-state index in [0.717, 1.165) is 12.4 Å². The second-order valence-corrected chi connectivity index (χ2v) is 7.64. The number of nitrogens with one attached hydrogen (secondary N) is 3. The third-order valence-corrected chi connectivity index (χ3v) is 5.64. The average molecular weight is 344 g/mol. The minimum absolute atomic E-state index is 0.340. The molecule has 2 fully saturated rings. The van der Waals surface area contributed by atoms with Crippen molar-refractivity contribution < 1.29 is 0 Å². The quantitative estimate of drug-likeness (QED) is 0.666. The zero-order chi connectivity index (χ0) is 17.8. The van der Waals surface area contributed by atoms with Crippen molar-refractivity contribution in [2.45, 2.75) is 71.4 Å². The predicted molar refractivity (Wildman–Crippen MR) is 106 cm³/mol. The lowest BCUT2D eigenvalue weighted by Crippen LogP contribution is -2.42. The zero-order valence-electron chi connectivity index (χ0n) is 16.2.